The number of aromatic nitrogens is 2. The first kappa shape index (κ1) is 18.2. The van der Waals surface area contributed by atoms with Crippen molar-refractivity contribution >= 4 is 39.2 Å². The fraction of sp³-hybridized carbons (Fsp3) is 0.533. The third-order valence-corrected chi connectivity index (χ3v) is 5.99. The predicted octanol–water partition coefficient (Wildman–Crippen LogP) is 2.88. The molecule has 1 aliphatic rings. The lowest BCUT2D eigenvalue weighted by Crippen LogP contribution is -2.34. The van der Waals surface area contributed by atoms with Crippen LogP contribution < -0.4 is 10.9 Å². The maximum Gasteiger partial charge on any atom is 0.405 e. The Balaban J connectivity index is 1.73. The van der Waals surface area contributed by atoms with Crippen LogP contribution in [-0.4, -0.2) is 34.3 Å². The largest absolute Gasteiger partial charge is 0.405 e. The Morgan fingerprint density at radius 2 is 2.24 bits per heavy atom. The first-order valence-corrected chi connectivity index (χ1v) is 9.54. The summed E-state index contributed by atoms with van der Waals surface area (Å²) >= 11 is 2.40. The lowest BCUT2D eigenvalue weighted by molar-refractivity contribution is -0.136. The molecule has 10 heteroatoms. The number of fused-ring (bicyclic) bond motifs is 3. The Morgan fingerprint density at radius 1 is 1.48 bits per heavy atom. The average Bonchev–Trinajstić information content (AvgIpc) is 2.87. The van der Waals surface area contributed by atoms with Gasteiger partial charge in [0.25, 0.3) is 5.56 Å². The zero-order chi connectivity index (χ0) is 18.2. The lowest BCUT2D eigenvalue weighted by atomic mass is 9.89. The summed E-state index contributed by atoms with van der Waals surface area (Å²) in [5, 5.41) is 2.64. The number of alkyl halides is 3. The van der Waals surface area contributed by atoms with Crippen LogP contribution in [0.5, 0.6) is 0 Å². The number of thiophene rings is 1. The highest BCUT2D eigenvalue weighted by atomic mass is 32.2. The van der Waals surface area contributed by atoms with Crippen molar-refractivity contribution < 1.29 is 18.0 Å². The highest BCUT2D eigenvalue weighted by molar-refractivity contribution is 7.99. The molecule has 0 radical (unpaired) electrons. The fourth-order valence-electron chi connectivity index (χ4n) is 2.78. The smallest absolute Gasteiger partial charge is 0.346 e. The van der Waals surface area contributed by atoms with Gasteiger partial charge in [-0.05, 0) is 30.7 Å². The normalized spacial score (nSPS) is 17.5. The SMILES string of the molecule is C[C@H]1CCc2c(sc3nc(SCC(=O)NCC(F)(F)F)[nH]c(=O)c23)C1. The van der Waals surface area contributed by atoms with E-state index in [1.807, 2.05) is 0 Å². The number of halogens is 3. The first-order chi connectivity index (χ1) is 11.7. The number of nitrogens with zero attached hydrogens (tertiary/aromatic N) is 1. The van der Waals surface area contributed by atoms with Crippen molar-refractivity contribution in [2.45, 2.75) is 37.5 Å². The Bertz CT molecular complexity index is 860. The Labute approximate surface area is 149 Å². The van der Waals surface area contributed by atoms with Crippen molar-refractivity contribution in [2.24, 2.45) is 5.92 Å². The molecule has 1 atom stereocenters. The van der Waals surface area contributed by atoms with Gasteiger partial charge in [0.1, 0.15) is 11.4 Å². The van der Waals surface area contributed by atoms with Gasteiger partial charge in [0, 0.05) is 4.88 Å². The van der Waals surface area contributed by atoms with Crippen LogP contribution in [0.25, 0.3) is 10.2 Å². The maximum absolute atomic E-state index is 12.4. The minimum absolute atomic E-state index is 0.242. The molecule has 0 aliphatic heterocycles. The molecule has 0 aromatic carbocycles. The standard InChI is InChI=1S/C15H16F3N3O2S2/c1-7-2-3-8-9(4-7)25-13-11(8)12(23)20-14(21-13)24-5-10(22)19-6-15(16,17)18/h7H,2-6H2,1H3,(H,19,22)(H,20,21,23)/t7-/m0/s1. The number of aromatic amines is 1. The van der Waals surface area contributed by atoms with Crippen LogP contribution in [0.3, 0.4) is 0 Å². The molecule has 0 bridgehead atoms. The van der Waals surface area contributed by atoms with E-state index in [9.17, 15) is 22.8 Å². The van der Waals surface area contributed by atoms with Crippen LogP contribution in [0.1, 0.15) is 23.8 Å². The van der Waals surface area contributed by atoms with Gasteiger partial charge in [0.05, 0.1) is 11.1 Å². The molecule has 136 valence electrons. The van der Waals surface area contributed by atoms with Crippen LogP contribution in [0, 0.1) is 5.92 Å². The summed E-state index contributed by atoms with van der Waals surface area (Å²) in [7, 11) is 0. The van der Waals surface area contributed by atoms with E-state index in [-0.39, 0.29) is 16.5 Å². The highest BCUT2D eigenvalue weighted by Crippen LogP contribution is 2.36. The quantitative estimate of drug-likeness (QED) is 0.621. The van der Waals surface area contributed by atoms with Crippen molar-refractivity contribution in [1.29, 1.82) is 0 Å². The number of hydrogen-bond acceptors (Lipinski definition) is 5. The van der Waals surface area contributed by atoms with Gasteiger partial charge >= 0.3 is 6.18 Å². The molecular weight excluding hydrogens is 375 g/mol. The molecule has 0 saturated heterocycles. The summed E-state index contributed by atoms with van der Waals surface area (Å²) in [5.41, 5.74) is 0.807. The molecule has 2 aromatic heterocycles. The van der Waals surface area contributed by atoms with Gasteiger partial charge in [-0.1, -0.05) is 18.7 Å². The van der Waals surface area contributed by atoms with Crippen LogP contribution in [0.15, 0.2) is 9.95 Å². The number of carbonyl (C=O) groups is 1. The molecule has 25 heavy (non-hydrogen) atoms. The van der Waals surface area contributed by atoms with Crippen molar-refractivity contribution in [3.63, 3.8) is 0 Å². The van der Waals surface area contributed by atoms with Crippen molar-refractivity contribution in [3.8, 4) is 0 Å². The van der Waals surface area contributed by atoms with E-state index in [1.54, 1.807) is 5.32 Å². The maximum atomic E-state index is 12.4. The fourth-order valence-corrected chi connectivity index (χ4v) is 4.91. The van der Waals surface area contributed by atoms with E-state index in [0.717, 1.165) is 36.6 Å². The van der Waals surface area contributed by atoms with Crippen LogP contribution in [-0.2, 0) is 17.6 Å². The van der Waals surface area contributed by atoms with Crippen LogP contribution in [0.4, 0.5) is 13.2 Å². The number of nitrogens with one attached hydrogen (secondary N) is 2. The van der Waals surface area contributed by atoms with E-state index in [2.05, 4.69) is 16.9 Å². The number of rotatable bonds is 4. The van der Waals surface area contributed by atoms with Crippen molar-refractivity contribution in [1.82, 2.24) is 15.3 Å². The van der Waals surface area contributed by atoms with Gasteiger partial charge in [-0.25, -0.2) is 4.98 Å². The van der Waals surface area contributed by atoms with Gasteiger partial charge < -0.3 is 10.3 Å². The topological polar surface area (TPSA) is 74.8 Å². The third kappa shape index (κ3) is 4.35. The summed E-state index contributed by atoms with van der Waals surface area (Å²) in [5.74, 6) is -0.428. The molecule has 0 unspecified atom stereocenters. The van der Waals surface area contributed by atoms with Crippen molar-refractivity contribution in [3.05, 3.63) is 20.8 Å². The molecule has 2 N–H and O–H groups in total. The zero-order valence-electron chi connectivity index (χ0n) is 13.3. The third-order valence-electron chi connectivity index (χ3n) is 3.97. The van der Waals surface area contributed by atoms with Gasteiger partial charge in [-0.2, -0.15) is 13.2 Å². The lowest BCUT2D eigenvalue weighted by Gasteiger charge is -2.17. The summed E-state index contributed by atoms with van der Waals surface area (Å²) in [4.78, 5) is 32.6. The summed E-state index contributed by atoms with van der Waals surface area (Å²) in [6.07, 6.45) is -1.63. The summed E-state index contributed by atoms with van der Waals surface area (Å²) in [6, 6.07) is 0. The second-order valence-corrected chi connectivity index (χ2v) is 8.13. The zero-order valence-corrected chi connectivity index (χ0v) is 15.0. The molecule has 3 rings (SSSR count). The number of amides is 1. The Kier molecular flexibility index (Phi) is 5.10. The molecule has 0 spiro atoms. The number of H-pyrrole nitrogens is 1. The summed E-state index contributed by atoms with van der Waals surface area (Å²) in [6.45, 7) is 0.803. The van der Waals surface area contributed by atoms with Gasteiger partial charge in [-0.15, -0.1) is 11.3 Å². The van der Waals surface area contributed by atoms with Gasteiger partial charge in [-0.3, -0.25) is 9.59 Å². The molecule has 1 amide bonds. The van der Waals surface area contributed by atoms with E-state index >= 15 is 0 Å². The highest BCUT2D eigenvalue weighted by Gasteiger charge is 2.28. The molecule has 2 heterocycles. The predicted molar refractivity (Wildman–Crippen MR) is 91.2 cm³/mol. The molecule has 0 fully saturated rings. The van der Waals surface area contributed by atoms with E-state index < -0.39 is 18.6 Å². The minimum atomic E-state index is -4.45. The number of hydrogen-bond donors (Lipinski definition) is 2. The second kappa shape index (κ2) is 6.99. The molecule has 1 aliphatic carbocycles. The number of aryl methyl sites for hydroxylation is 1. The monoisotopic (exact) mass is 391 g/mol. The second-order valence-electron chi connectivity index (χ2n) is 6.08. The number of carbonyl (C=O) groups excluding carboxylic acids is 1. The Hall–Kier alpha value is -1.55. The van der Waals surface area contributed by atoms with E-state index in [0.29, 0.717) is 16.1 Å². The minimum Gasteiger partial charge on any atom is -0.346 e. The van der Waals surface area contributed by atoms with Crippen molar-refractivity contribution in [2.75, 3.05) is 12.3 Å². The van der Waals surface area contributed by atoms with Crippen LogP contribution in [0.2, 0.25) is 0 Å². The molecule has 5 nitrogen and oxygen atoms in total. The van der Waals surface area contributed by atoms with Crippen LogP contribution >= 0.6 is 23.1 Å². The molecule has 2 aromatic rings. The first-order valence-electron chi connectivity index (χ1n) is 7.74. The molecular formula is C15H16F3N3O2S2. The number of thioether (sulfide) groups is 1. The van der Waals surface area contributed by atoms with E-state index in [1.165, 1.54) is 16.2 Å². The average molecular weight is 391 g/mol. The van der Waals surface area contributed by atoms with Gasteiger partial charge in [0.15, 0.2) is 5.16 Å². The summed E-state index contributed by atoms with van der Waals surface area (Å²) < 4.78 is 36.2. The Morgan fingerprint density at radius 3 is 2.96 bits per heavy atom. The molecule has 0 saturated carbocycles. The van der Waals surface area contributed by atoms with E-state index in [4.69, 9.17) is 0 Å². The van der Waals surface area contributed by atoms with Gasteiger partial charge in [0.2, 0.25) is 5.91 Å².